The van der Waals surface area contributed by atoms with Crippen molar-refractivity contribution >= 4 is 15.9 Å². The maximum atomic E-state index is 5.56. The van der Waals surface area contributed by atoms with Gasteiger partial charge in [-0.15, -0.1) is 0 Å². The molecule has 0 bridgehead atoms. The Morgan fingerprint density at radius 3 is 2.76 bits per heavy atom. The molecule has 0 fully saturated rings. The highest BCUT2D eigenvalue weighted by Gasteiger charge is 2.19. The van der Waals surface area contributed by atoms with E-state index in [2.05, 4.69) is 46.1 Å². The van der Waals surface area contributed by atoms with Gasteiger partial charge < -0.3 is 10.1 Å². The Balaban J connectivity index is 2.48. The van der Waals surface area contributed by atoms with Gasteiger partial charge in [-0.1, -0.05) is 28.9 Å². The molecule has 1 aromatic carbocycles. The number of nitrogens with zero attached hydrogens (tertiary/aromatic N) is 1. The highest BCUT2D eigenvalue weighted by molar-refractivity contribution is 9.10. The lowest BCUT2D eigenvalue weighted by Crippen LogP contribution is -2.24. The van der Waals surface area contributed by atoms with Gasteiger partial charge in [0.15, 0.2) is 0 Å². The van der Waals surface area contributed by atoms with Crippen LogP contribution in [-0.4, -0.2) is 18.6 Å². The number of aromatic nitrogens is 1. The maximum Gasteiger partial charge on any atom is 0.125 e. The molecule has 0 aliphatic carbocycles. The van der Waals surface area contributed by atoms with Crippen LogP contribution in [-0.2, 0) is 0 Å². The van der Waals surface area contributed by atoms with Crippen molar-refractivity contribution in [3.63, 3.8) is 0 Å². The van der Waals surface area contributed by atoms with Crippen molar-refractivity contribution in [2.24, 2.45) is 0 Å². The van der Waals surface area contributed by atoms with Crippen molar-refractivity contribution in [3.05, 3.63) is 57.8 Å². The molecule has 2 aromatic rings. The third-order valence-corrected chi connectivity index (χ3v) is 3.99. The number of halogens is 1. The minimum Gasteiger partial charge on any atom is -0.496 e. The molecular formula is C17H21BrN2O. The van der Waals surface area contributed by atoms with Gasteiger partial charge in [-0.2, -0.15) is 0 Å². The van der Waals surface area contributed by atoms with Crippen molar-refractivity contribution in [3.8, 4) is 5.75 Å². The fraction of sp³-hybridized carbons (Fsp3) is 0.353. The summed E-state index contributed by atoms with van der Waals surface area (Å²) in [7, 11) is 1.71. The molecule has 21 heavy (non-hydrogen) atoms. The number of aryl methyl sites for hydroxylation is 1. The Morgan fingerprint density at radius 1 is 1.29 bits per heavy atom. The van der Waals surface area contributed by atoms with Crippen LogP contribution < -0.4 is 10.1 Å². The average molecular weight is 349 g/mol. The Morgan fingerprint density at radius 2 is 2.10 bits per heavy atom. The number of pyridine rings is 1. The summed E-state index contributed by atoms with van der Waals surface area (Å²) >= 11 is 3.50. The second kappa shape index (κ2) is 7.57. The van der Waals surface area contributed by atoms with E-state index in [9.17, 15) is 0 Å². The van der Waals surface area contributed by atoms with Gasteiger partial charge in [-0.05, 0) is 49.2 Å². The number of nitrogens with one attached hydrogen (secondary N) is 1. The van der Waals surface area contributed by atoms with E-state index in [1.807, 2.05) is 30.6 Å². The zero-order chi connectivity index (χ0) is 15.2. The summed E-state index contributed by atoms with van der Waals surface area (Å²) in [6.07, 6.45) is 4.84. The van der Waals surface area contributed by atoms with E-state index in [0.717, 1.165) is 28.8 Å². The largest absolute Gasteiger partial charge is 0.496 e. The lowest BCUT2D eigenvalue weighted by molar-refractivity contribution is 0.403. The second-order valence-electron chi connectivity index (χ2n) is 5.01. The smallest absolute Gasteiger partial charge is 0.125 e. The molecule has 1 N–H and O–H groups in total. The fourth-order valence-electron chi connectivity index (χ4n) is 2.38. The molecule has 0 saturated carbocycles. The Labute approximate surface area is 134 Å². The molecule has 3 nitrogen and oxygen atoms in total. The molecule has 0 amide bonds. The Kier molecular flexibility index (Phi) is 5.76. The first-order valence-corrected chi connectivity index (χ1v) is 7.94. The minimum atomic E-state index is 0.0849. The quantitative estimate of drug-likeness (QED) is 0.847. The first-order chi connectivity index (χ1) is 10.2. The number of methoxy groups -OCH3 is 1. The monoisotopic (exact) mass is 348 g/mol. The van der Waals surface area contributed by atoms with Gasteiger partial charge in [0.25, 0.3) is 0 Å². The molecule has 0 radical (unpaired) electrons. The van der Waals surface area contributed by atoms with Crippen LogP contribution in [0.15, 0.2) is 41.1 Å². The summed E-state index contributed by atoms with van der Waals surface area (Å²) in [6, 6.07) is 8.28. The van der Waals surface area contributed by atoms with Crippen LogP contribution in [0, 0.1) is 6.92 Å². The van der Waals surface area contributed by atoms with Gasteiger partial charge in [-0.25, -0.2) is 0 Å². The van der Waals surface area contributed by atoms with E-state index in [1.165, 1.54) is 11.1 Å². The van der Waals surface area contributed by atoms with E-state index >= 15 is 0 Å². The molecular weight excluding hydrogens is 328 g/mol. The second-order valence-corrected chi connectivity index (χ2v) is 5.92. The van der Waals surface area contributed by atoms with Gasteiger partial charge in [-0.3, -0.25) is 4.98 Å². The minimum absolute atomic E-state index is 0.0849. The normalized spacial score (nSPS) is 12.2. The van der Waals surface area contributed by atoms with Gasteiger partial charge in [0.2, 0.25) is 0 Å². The van der Waals surface area contributed by atoms with Crippen molar-refractivity contribution in [2.45, 2.75) is 26.3 Å². The van der Waals surface area contributed by atoms with E-state index in [4.69, 9.17) is 4.74 Å². The number of hydrogen-bond donors (Lipinski definition) is 1. The van der Waals surface area contributed by atoms with Crippen molar-refractivity contribution in [1.82, 2.24) is 10.3 Å². The molecule has 0 spiro atoms. The first-order valence-electron chi connectivity index (χ1n) is 7.14. The molecule has 1 heterocycles. The van der Waals surface area contributed by atoms with Gasteiger partial charge >= 0.3 is 0 Å². The van der Waals surface area contributed by atoms with Crippen molar-refractivity contribution in [2.75, 3.05) is 13.7 Å². The van der Waals surface area contributed by atoms with Gasteiger partial charge in [0.05, 0.1) is 13.2 Å². The van der Waals surface area contributed by atoms with Crippen LogP contribution in [0.4, 0.5) is 0 Å². The van der Waals surface area contributed by atoms with E-state index in [1.54, 1.807) is 7.11 Å². The van der Waals surface area contributed by atoms with Crippen LogP contribution in [0.3, 0.4) is 0 Å². The van der Waals surface area contributed by atoms with Crippen molar-refractivity contribution in [1.29, 1.82) is 0 Å². The Hall–Kier alpha value is -1.39. The predicted octanol–water partition coefficient (Wildman–Crippen LogP) is 4.25. The number of benzene rings is 1. The molecule has 0 saturated heterocycles. The maximum absolute atomic E-state index is 5.56. The first kappa shape index (κ1) is 16.0. The average Bonchev–Trinajstić information content (AvgIpc) is 2.50. The molecule has 2 rings (SSSR count). The van der Waals surface area contributed by atoms with Crippen molar-refractivity contribution < 1.29 is 4.74 Å². The number of hydrogen-bond acceptors (Lipinski definition) is 3. The standard InChI is InChI=1S/C17H21BrN2O/c1-4-8-20-17(15-11-19-9-7-12(15)2)14-6-5-13(18)10-16(14)21-3/h5-7,9-11,17,20H,4,8H2,1-3H3. The highest BCUT2D eigenvalue weighted by Crippen LogP contribution is 2.33. The van der Waals surface area contributed by atoms with Crippen LogP contribution in [0.5, 0.6) is 5.75 Å². The third-order valence-electron chi connectivity index (χ3n) is 3.50. The summed E-state index contributed by atoms with van der Waals surface area (Å²) in [4.78, 5) is 4.28. The SMILES string of the molecule is CCCNC(c1cnccc1C)c1ccc(Br)cc1OC. The van der Waals surface area contributed by atoms with E-state index < -0.39 is 0 Å². The van der Waals surface area contributed by atoms with E-state index in [0.29, 0.717) is 0 Å². The lowest BCUT2D eigenvalue weighted by Gasteiger charge is -2.23. The van der Waals surface area contributed by atoms with Crippen LogP contribution in [0.2, 0.25) is 0 Å². The molecule has 0 aliphatic rings. The molecule has 4 heteroatoms. The number of rotatable bonds is 6. The fourth-order valence-corrected chi connectivity index (χ4v) is 2.72. The number of ether oxygens (including phenoxy) is 1. The zero-order valence-corrected chi connectivity index (χ0v) is 14.3. The molecule has 0 aliphatic heterocycles. The van der Waals surface area contributed by atoms with Crippen LogP contribution in [0.1, 0.15) is 36.1 Å². The summed E-state index contributed by atoms with van der Waals surface area (Å²) in [5, 5.41) is 3.60. The summed E-state index contributed by atoms with van der Waals surface area (Å²) in [5.41, 5.74) is 3.54. The summed E-state index contributed by atoms with van der Waals surface area (Å²) in [5.74, 6) is 0.876. The van der Waals surface area contributed by atoms with Gasteiger partial charge in [0.1, 0.15) is 5.75 Å². The molecule has 112 valence electrons. The Bertz CT molecular complexity index is 601. The predicted molar refractivity (Wildman–Crippen MR) is 89.8 cm³/mol. The highest BCUT2D eigenvalue weighted by atomic mass is 79.9. The van der Waals surface area contributed by atoms with Crippen LogP contribution >= 0.6 is 15.9 Å². The molecule has 1 atom stereocenters. The summed E-state index contributed by atoms with van der Waals surface area (Å²) < 4.78 is 6.57. The van der Waals surface area contributed by atoms with Gasteiger partial charge in [0, 0.05) is 22.4 Å². The lowest BCUT2D eigenvalue weighted by atomic mass is 9.96. The summed E-state index contributed by atoms with van der Waals surface area (Å²) in [6.45, 7) is 5.22. The van der Waals surface area contributed by atoms with E-state index in [-0.39, 0.29) is 6.04 Å². The zero-order valence-electron chi connectivity index (χ0n) is 12.7. The molecule has 1 aromatic heterocycles. The third kappa shape index (κ3) is 3.83. The van der Waals surface area contributed by atoms with Crippen LogP contribution in [0.25, 0.3) is 0 Å². The molecule has 1 unspecified atom stereocenters. The topological polar surface area (TPSA) is 34.2 Å².